The van der Waals surface area contributed by atoms with Crippen LogP contribution in [-0.2, 0) is 0 Å². The molecule has 0 aliphatic rings. The lowest BCUT2D eigenvalue weighted by atomic mass is 10.2. The first-order valence-corrected chi connectivity index (χ1v) is 6.54. The molecule has 6 heteroatoms. The summed E-state index contributed by atoms with van der Waals surface area (Å²) < 4.78 is 1.95. The Morgan fingerprint density at radius 3 is 2.71 bits per heavy atom. The van der Waals surface area contributed by atoms with Crippen LogP contribution in [0, 0.1) is 0 Å². The van der Waals surface area contributed by atoms with Crippen molar-refractivity contribution in [2.24, 2.45) is 5.73 Å². The van der Waals surface area contributed by atoms with Gasteiger partial charge in [-0.1, -0.05) is 6.92 Å². The van der Waals surface area contributed by atoms with Gasteiger partial charge >= 0.3 is 0 Å². The number of nitrogens with one attached hydrogen (secondary N) is 1. The Hall–Kier alpha value is -0.880. The molecular formula is C11H19BrN4O. The minimum Gasteiger partial charge on any atom is -0.379 e. The van der Waals surface area contributed by atoms with Crippen molar-refractivity contribution in [3.8, 4) is 0 Å². The highest BCUT2D eigenvalue weighted by molar-refractivity contribution is 9.10. The molecule has 17 heavy (non-hydrogen) atoms. The first-order chi connectivity index (χ1) is 8.01. The molecule has 0 aliphatic heterocycles. The summed E-state index contributed by atoms with van der Waals surface area (Å²) in [6.07, 6.45) is 2.56. The van der Waals surface area contributed by atoms with Crippen LogP contribution in [0.5, 0.6) is 0 Å². The Kier molecular flexibility index (Phi) is 5.14. The molecule has 0 saturated heterocycles. The number of aromatic nitrogens is 2. The summed E-state index contributed by atoms with van der Waals surface area (Å²) in [5.41, 5.74) is 6.19. The van der Waals surface area contributed by atoms with Crippen LogP contribution in [0.25, 0.3) is 0 Å². The van der Waals surface area contributed by atoms with Crippen LogP contribution in [0.2, 0.25) is 0 Å². The summed E-state index contributed by atoms with van der Waals surface area (Å²) in [7, 11) is 0. The number of halogens is 1. The van der Waals surface area contributed by atoms with Gasteiger partial charge in [0.2, 0.25) is 0 Å². The zero-order chi connectivity index (χ0) is 13.0. The van der Waals surface area contributed by atoms with Gasteiger partial charge in [-0.3, -0.25) is 4.79 Å². The number of hydrogen-bond acceptors (Lipinski definition) is 4. The van der Waals surface area contributed by atoms with Crippen LogP contribution in [0.4, 0.5) is 5.69 Å². The molecule has 0 radical (unpaired) electrons. The molecule has 96 valence electrons. The average molecular weight is 303 g/mol. The SMILES string of the molecule is CCC(CN)Nc1cnn(C(C)C)c(=O)c1Br. The van der Waals surface area contributed by atoms with E-state index in [0.29, 0.717) is 16.7 Å². The predicted molar refractivity (Wildman–Crippen MR) is 73.3 cm³/mol. The van der Waals surface area contributed by atoms with E-state index in [4.69, 9.17) is 5.73 Å². The van der Waals surface area contributed by atoms with Crippen molar-refractivity contribution in [1.29, 1.82) is 0 Å². The van der Waals surface area contributed by atoms with Crippen molar-refractivity contribution >= 4 is 21.6 Å². The Labute approximate surface area is 110 Å². The number of anilines is 1. The summed E-state index contributed by atoms with van der Waals surface area (Å²) in [6.45, 7) is 6.41. The van der Waals surface area contributed by atoms with Crippen molar-refractivity contribution in [2.45, 2.75) is 39.3 Å². The van der Waals surface area contributed by atoms with Crippen molar-refractivity contribution in [2.75, 3.05) is 11.9 Å². The zero-order valence-electron chi connectivity index (χ0n) is 10.4. The van der Waals surface area contributed by atoms with E-state index in [0.717, 1.165) is 6.42 Å². The Balaban J connectivity index is 3.04. The van der Waals surface area contributed by atoms with Gasteiger partial charge in [0.25, 0.3) is 5.56 Å². The van der Waals surface area contributed by atoms with Crippen LogP contribution in [0.3, 0.4) is 0 Å². The molecule has 0 saturated carbocycles. The topological polar surface area (TPSA) is 72.9 Å². The minimum absolute atomic E-state index is 0.0457. The summed E-state index contributed by atoms with van der Waals surface area (Å²) in [5, 5.41) is 7.34. The molecule has 1 rings (SSSR count). The van der Waals surface area contributed by atoms with E-state index in [9.17, 15) is 4.79 Å². The van der Waals surface area contributed by atoms with E-state index in [1.807, 2.05) is 20.8 Å². The van der Waals surface area contributed by atoms with Crippen LogP contribution in [0.1, 0.15) is 33.2 Å². The second-order valence-corrected chi connectivity index (χ2v) is 4.99. The fourth-order valence-electron chi connectivity index (χ4n) is 1.46. The van der Waals surface area contributed by atoms with Gasteiger partial charge in [0.1, 0.15) is 4.47 Å². The van der Waals surface area contributed by atoms with Crippen LogP contribution in [0.15, 0.2) is 15.5 Å². The summed E-state index contributed by atoms with van der Waals surface area (Å²) in [6, 6.07) is 0.201. The van der Waals surface area contributed by atoms with Crippen LogP contribution < -0.4 is 16.6 Å². The number of rotatable bonds is 5. The molecule has 0 amide bonds. The molecule has 1 aromatic heterocycles. The highest BCUT2D eigenvalue weighted by atomic mass is 79.9. The first kappa shape index (κ1) is 14.2. The lowest BCUT2D eigenvalue weighted by Gasteiger charge is -2.18. The number of hydrogen-bond donors (Lipinski definition) is 2. The van der Waals surface area contributed by atoms with Gasteiger partial charge in [-0.05, 0) is 36.2 Å². The normalized spacial score (nSPS) is 12.8. The predicted octanol–water partition coefficient (Wildman–Crippen LogP) is 1.74. The molecule has 5 nitrogen and oxygen atoms in total. The third-order valence-electron chi connectivity index (χ3n) is 2.57. The van der Waals surface area contributed by atoms with E-state index in [1.165, 1.54) is 4.68 Å². The lowest BCUT2D eigenvalue weighted by molar-refractivity contribution is 0.500. The Morgan fingerprint density at radius 2 is 2.24 bits per heavy atom. The van der Waals surface area contributed by atoms with Gasteiger partial charge in [0, 0.05) is 12.6 Å². The first-order valence-electron chi connectivity index (χ1n) is 5.75. The molecule has 0 spiro atoms. The van der Waals surface area contributed by atoms with E-state index < -0.39 is 0 Å². The summed E-state index contributed by atoms with van der Waals surface area (Å²) in [5.74, 6) is 0. The largest absolute Gasteiger partial charge is 0.379 e. The Bertz CT molecular complexity index is 426. The fourth-order valence-corrected chi connectivity index (χ4v) is 1.86. The number of nitrogens with zero attached hydrogens (tertiary/aromatic N) is 2. The average Bonchev–Trinajstić information content (AvgIpc) is 2.30. The second-order valence-electron chi connectivity index (χ2n) is 4.20. The maximum Gasteiger partial charge on any atom is 0.283 e. The van der Waals surface area contributed by atoms with E-state index >= 15 is 0 Å². The molecule has 3 N–H and O–H groups in total. The summed E-state index contributed by atoms with van der Waals surface area (Å²) in [4.78, 5) is 12.0. The van der Waals surface area contributed by atoms with Gasteiger partial charge in [-0.15, -0.1) is 0 Å². The van der Waals surface area contributed by atoms with Gasteiger partial charge in [-0.2, -0.15) is 5.10 Å². The molecular weight excluding hydrogens is 284 g/mol. The molecule has 0 aliphatic carbocycles. The van der Waals surface area contributed by atoms with Crippen molar-refractivity contribution < 1.29 is 0 Å². The van der Waals surface area contributed by atoms with Crippen LogP contribution >= 0.6 is 15.9 Å². The zero-order valence-corrected chi connectivity index (χ0v) is 12.0. The van der Waals surface area contributed by atoms with Gasteiger partial charge < -0.3 is 11.1 Å². The molecule has 1 unspecified atom stereocenters. The monoisotopic (exact) mass is 302 g/mol. The molecule has 0 bridgehead atoms. The second kappa shape index (κ2) is 6.16. The van der Waals surface area contributed by atoms with E-state index in [-0.39, 0.29) is 17.6 Å². The Morgan fingerprint density at radius 1 is 1.59 bits per heavy atom. The third-order valence-corrected chi connectivity index (χ3v) is 3.34. The highest BCUT2D eigenvalue weighted by Gasteiger charge is 2.12. The van der Waals surface area contributed by atoms with E-state index in [1.54, 1.807) is 6.20 Å². The molecule has 0 aromatic carbocycles. The van der Waals surface area contributed by atoms with Crippen molar-refractivity contribution in [3.63, 3.8) is 0 Å². The maximum absolute atomic E-state index is 12.0. The van der Waals surface area contributed by atoms with Crippen molar-refractivity contribution in [1.82, 2.24) is 9.78 Å². The third kappa shape index (κ3) is 3.29. The van der Waals surface area contributed by atoms with Crippen molar-refractivity contribution in [3.05, 3.63) is 21.0 Å². The minimum atomic E-state index is -0.128. The van der Waals surface area contributed by atoms with Gasteiger partial charge in [-0.25, -0.2) is 4.68 Å². The standard InChI is InChI=1S/C11H19BrN4O/c1-4-8(5-13)15-9-6-14-16(7(2)3)11(17)10(9)12/h6-8,15H,4-5,13H2,1-3H3. The fraction of sp³-hybridized carbons (Fsp3) is 0.636. The molecule has 0 fully saturated rings. The number of nitrogens with two attached hydrogens (primary N) is 1. The molecule has 1 atom stereocenters. The molecule has 1 heterocycles. The highest BCUT2D eigenvalue weighted by Crippen LogP contribution is 2.18. The van der Waals surface area contributed by atoms with E-state index in [2.05, 4.69) is 26.3 Å². The lowest BCUT2D eigenvalue weighted by Crippen LogP contribution is -2.31. The van der Waals surface area contributed by atoms with Gasteiger partial charge in [0.15, 0.2) is 0 Å². The van der Waals surface area contributed by atoms with Crippen LogP contribution in [-0.4, -0.2) is 22.4 Å². The smallest absolute Gasteiger partial charge is 0.283 e. The molecule has 1 aromatic rings. The maximum atomic E-state index is 12.0. The summed E-state index contributed by atoms with van der Waals surface area (Å²) >= 11 is 3.31. The van der Waals surface area contributed by atoms with Gasteiger partial charge in [0.05, 0.1) is 17.9 Å². The quantitative estimate of drug-likeness (QED) is 0.869.